The highest BCUT2D eigenvalue weighted by molar-refractivity contribution is 7.11. The molecule has 2 rings (SSSR count). The number of nitrogens with zero attached hydrogens (tertiary/aromatic N) is 2. The van der Waals surface area contributed by atoms with Gasteiger partial charge in [0.2, 0.25) is 0 Å². The molecule has 1 aromatic rings. The van der Waals surface area contributed by atoms with Crippen LogP contribution in [0.25, 0.3) is 0 Å². The Morgan fingerprint density at radius 3 is 2.71 bits per heavy atom. The van der Waals surface area contributed by atoms with Crippen LogP contribution in [-0.4, -0.2) is 42.2 Å². The van der Waals surface area contributed by atoms with Gasteiger partial charge in [-0.3, -0.25) is 0 Å². The van der Waals surface area contributed by atoms with E-state index in [9.17, 15) is 4.79 Å². The molecule has 0 saturated heterocycles. The van der Waals surface area contributed by atoms with Crippen molar-refractivity contribution in [2.24, 2.45) is 0 Å². The lowest BCUT2D eigenvalue weighted by molar-refractivity contribution is 0.0274. The second-order valence-electron chi connectivity index (χ2n) is 6.68. The fourth-order valence-electron chi connectivity index (χ4n) is 3.17. The van der Waals surface area contributed by atoms with Crippen molar-refractivity contribution in [3.05, 3.63) is 15.6 Å². The van der Waals surface area contributed by atoms with Crippen LogP contribution < -0.4 is 5.32 Å². The van der Waals surface area contributed by atoms with Crippen LogP contribution in [-0.2, 0) is 4.74 Å². The minimum Gasteiger partial charge on any atom is -0.378 e. The third-order valence-electron chi connectivity index (χ3n) is 4.74. The van der Waals surface area contributed by atoms with Crippen LogP contribution in [0.2, 0.25) is 0 Å². The van der Waals surface area contributed by atoms with Crippen LogP contribution in [0.15, 0.2) is 0 Å². The molecule has 0 aromatic carbocycles. The first kappa shape index (κ1) is 19.2. The molecule has 24 heavy (non-hydrogen) atoms. The van der Waals surface area contributed by atoms with Crippen molar-refractivity contribution in [1.82, 2.24) is 15.2 Å². The first-order chi connectivity index (χ1) is 11.5. The van der Waals surface area contributed by atoms with Gasteiger partial charge in [0.25, 0.3) is 0 Å². The molecule has 1 unspecified atom stereocenters. The molecule has 6 heteroatoms. The Morgan fingerprint density at radius 1 is 1.38 bits per heavy atom. The molecule has 2 amide bonds. The number of hydrogen-bond acceptors (Lipinski definition) is 4. The van der Waals surface area contributed by atoms with E-state index in [2.05, 4.69) is 17.2 Å². The highest BCUT2D eigenvalue weighted by atomic mass is 32.1. The van der Waals surface area contributed by atoms with Gasteiger partial charge in [-0.2, -0.15) is 0 Å². The molecule has 0 bridgehead atoms. The number of thiazole rings is 1. The average molecular weight is 354 g/mol. The monoisotopic (exact) mass is 353 g/mol. The molecule has 1 heterocycles. The predicted molar refractivity (Wildman–Crippen MR) is 98.6 cm³/mol. The lowest BCUT2D eigenvalue weighted by Crippen LogP contribution is -2.39. The zero-order valence-electron chi connectivity index (χ0n) is 15.4. The maximum Gasteiger partial charge on any atom is 0.317 e. The average Bonchev–Trinajstić information content (AvgIpc) is 2.92. The van der Waals surface area contributed by atoms with E-state index in [1.807, 2.05) is 20.9 Å². The maximum atomic E-state index is 12.3. The maximum absolute atomic E-state index is 12.3. The minimum absolute atomic E-state index is 0.0200. The summed E-state index contributed by atoms with van der Waals surface area (Å²) in [6.45, 7) is 7.46. The van der Waals surface area contributed by atoms with Crippen molar-refractivity contribution in [3.8, 4) is 0 Å². The largest absolute Gasteiger partial charge is 0.378 e. The lowest BCUT2D eigenvalue weighted by atomic mass is 9.98. The van der Waals surface area contributed by atoms with Crippen LogP contribution in [0.1, 0.15) is 67.1 Å². The summed E-state index contributed by atoms with van der Waals surface area (Å²) in [5.74, 6) is 0. The Morgan fingerprint density at radius 2 is 2.08 bits per heavy atom. The summed E-state index contributed by atoms with van der Waals surface area (Å²) >= 11 is 1.68. The third-order valence-corrected chi connectivity index (χ3v) is 5.64. The fourth-order valence-corrected chi connectivity index (χ4v) is 4.07. The van der Waals surface area contributed by atoms with Gasteiger partial charge in [0, 0.05) is 25.1 Å². The zero-order valence-corrected chi connectivity index (χ0v) is 16.2. The molecule has 136 valence electrons. The Balaban J connectivity index is 1.66. The van der Waals surface area contributed by atoms with Crippen molar-refractivity contribution in [3.63, 3.8) is 0 Å². The summed E-state index contributed by atoms with van der Waals surface area (Å²) < 4.78 is 5.89. The quantitative estimate of drug-likeness (QED) is 0.747. The SMILES string of the molecule is Cc1nc(C(C)N(C)C(=O)NCCCOC2CCCCC2)c(C)s1. The molecule has 1 saturated carbocycles. The number of carbonyl (C=O) groups is 1. The van der Waals surface area contributed by atoms with Crippen molar-refractivity contribution in [2.75, 3.05) is 20.2 Å². The summed E-state index contributed by atoms with van der Waals surface area (Å²) in [5.41, 5.74) is 0.996. The van der Waals surface area contributed by atoms with Gasteiger partial charge in [-0.15, -0.1) is 11.3 Å². The zero-order chi connectivity index (χ0) is 17.5. The number of hydrogen-bond donors (Lipinski definition) is 1. The second-order valence-corrected chi connectivity index (χ2v) is 8.08. The summed E-state index contributed by atoms with van der Waals surface area (Å²) in [6, 6.07) is -0.0707. The molecule has 5 nitrogen and oxygen atoms in total. The van der Waals surface area contributed by atoms with Crippen LogP contribution >= 0.6 is 11.3 Å². The van der Waals surface area contributed by atoms with E-state index in [1.165, 1.54) is 37.0 Å². The molecule has 0 spiro atoms. The topological polar surface area (TPSA) is 54.5 Å². The van der Waals surface area contributed by atoms with Crippen LogP contribution in [0.5, 0.6) is 0 Å². The smallest absolute Gasteiger partial charge is 0.317 e. The third kappa shape index (κ3) is 5.45. The van der Waals surface area contributed by atoms with Gasteiger partial charge in [-0.05, 0) is 40.0 Å². The van der Waals surface area contributed by atoms with Crippen LogP contribution in [0.4, 0.5) is 4.79 Å². The Hall–Kier alpha value is -1.14. The highest BCUT2D eigenvalue weighted by Crippen LogP contribution is 2.26. The van der Waals surface area contributed by atoms with Crippen LogP contribution in [0, 0.1) is 13.8 Å². The predicted octanol–water partition coefficient (Wildman–Crippen LogP) is 4.20. The van der Waals surface area contributed by atoms with Gasteiger partial charge in [-0.1, -0.05) is 19.3 Å². The summed E-state index contributed by atoms with van der Waals surface area (Å²) in [7, 11) is 1.83. The standard InChI is InChI=1S/C18H31N3O2S/c1-13(17-14(2)24-15(3)20-17)21(4)18(22)19-11-8-12-23-16-9-6-5-7-10-16/h13,16H,5-12H2,1-4H3,(H,19,22). The number of rotatable bonds is 7. The molecule has 1 N–H and O–H groups in total. The molecule has 0 aliphatic heterocycles. The van der Waals surface area contributed by atoms with E-state index in [4.69, 9.17) is 4.74 Å². The molecular formula is C18H31N3O2S. The summed E-state index contributed by atoms with van der Waals surface area (Å²) in [6.07, 6.45) is 7.61. The normalized spacial score (nSPS) is 16.8. The summed E-state index contributed by atoms with van der Waals surface area (Å²) in [5, 5.41) is 4.02. The number of carbonyl (C=O) groups excluding carboxylic acids is 1. The summed E-state index contributed by atoms with van der Waals surface area (Å²) in [4.78, 5) is 19.7. The van der Waals surface area contributed by atoms with Gasteiger partial charge in [0.05, 0.1) is 22.8 Å². The van der Waals surface area contributed by atoms with E-state index in [0.29, 0.717) is 12.6 Å². The molecule has 1 aliphatic rings. The Bertz CT molecular complexity index is 526. The van der Waals surface area contributed by atoms with E-state index in [0.717, 1.165) is 23.7 Å². The molecule has 1 atom stereocenters. The number of aryl methyl sites for hydroxylation is 2. The van der Waals surface area contributed by atoms with Crippen molar-refractivity contribution < 1.29 is 9.53 Å². The van der Waals surface area contributed by atoms with E-state index in [-0.39, 0.29) is 12.1 Å². The first-order valence-corrected chi connectivity index (χ1v) is 9.87. The van der Waals surface area contributed by atoms with E-state index in [1.54, 1.807) is 16.2 Å². The highest BCUT2D eigenvalue weighted by Gasteiger charge is 2.21. The minimum atomic E-state index is -0.0507. The van der Waals surface area contributed by atoms with Gasteiger partial charge in [-0.25, -0.2) is 9.78 Å². The molecular weight excluding hydrogens is 322 g/mol. The molecule has 1 aromatic heterocycles. The van der Waals surface area contributed by atoms with E-state index >= 15 is 0 Å². The number of ether oxygens (including phenoxy) is 1. The van der Waals surface area contributed by atoms with Gasteiger partial charge in [0.15, 0.2) is 0 Å². The van der Waals surface area contributed by atoms with Gasteiger partial charge in [0.1, 0.15) is 0 Å². The number of nitrogens with one attached hydrogen (secondary N) is 1. The molecule has 1 fully saturated rings. The second kappa shape index (κ2) is 9.37. The Kier molecular flexibility index (Phi) is 7.49. The van der Waals surface area contributed by atoms with Gasteiger partial charge < -0.3 is 15.0 Å². The number of amides is 2. The fraction of sp³-hybridized carbons (Fsp3) is 0.778. The van der Waals surface area contributed by atoms with Crippen molar-refractivity contribution >= 4 is 17.4 Å². The molecule has 0 radical (unpaired) electrons. The van der Waals surface area contributed by atoms with E-state index < -0.39 is 0 Å². The van der Waals surface area contributed by atoms with Crippen molar-refractivity contribution in [2.45, 2.75) is 71.4 Å². The molecule has 1 aliphatic carbocycles. The van der Waals surface area contributed by atoms with Crippen LogP contribution in [0.3, 0.4) is 0 Å². The number of urea groups is 1. The van der Waals surface area contributed by atoms with Crippen molar-refractivity contribution in [1.29, 1.82) is 0 Å². The lowest BCUT2D eigenvalue weighted by Gasteiger charge is -2.25. The Labute approximate surface area is 149 Å². The first-order valence-electron chi connectivity index (χ1n) is 9.05. The number of aromatic nitrogens is 1. The van der Waals surface area contributed by atoms with Gasteiger partial charge >= 0.3 is 6.03 Å².